The molecule has 0 bridgehead atoms. The summed E-state index contributed by atoms with van der Waals surface area (Å²) < 4.78 is 1.74. The van der Waals surface area contributed by atoms with Crippen molar-refractivity contribution in [2.45, 2.75) is 46.7 Å². The fourth-order valence-electron chi connectivity index (χ4n) is 1.76. The molecule has 6 N–H and O–H groups in total. The minimum Gasteiger partial charge on any atom is -0.480 e. The molecule has 0 aliphatic rings. The van der Waals surface area contributed by atoms with E-state index < -0.39 is 24.0 Å². The molecular weight excluding hydrogens is 396 g/mol. The predicted octanol–water partition coefficient (Wildman–Crippen LogP) is 0.974. The first kappa shape index (κ1) is 31.4. The van der Waals surface area contributed by atoms with Gasteiger partial charge in [-0.25, -0.2) is 14.8 Å². The standard InChI is InChI=1S/C9H13N3O4.C7H13N3O2.2CH4/c1-12-4-7(10-5-12)3-8(9(13)14)11-6-16-15-2;1-2-10-5(4-8)3-6(9)7(11)12;;/h4-6,8H,3H2,1-2H3,(H,13,14);2,4,6H,3,8-9H2,1H3,(H,11,12);2*1H4/b;5-4-,10-2?;;/t8-;6-;;/m00../s1. The summed E-state index contributed by atoms with van der Waals surface area (Å²) in [6, 6.07) is -1.87. The molecule has 0 saturated heterocycles. The lowest BCUT2D eigenvalue weighted by Gasteiger charge is -2.04. The third-order valence-electron chi connectivity index (χ3n) is 3.06. The number of imidazole rings is 1. The molecule has 0 aliphatic carbocycles. The Kier molecular flexibility index (Phi) is 18.7. The van der Waals surface area contributed by atoms with Crippen molar-refractivity contribution in [2.75, 3.05) is 7.11 Å². The molecule has 0 fully saturated rings. The molecule has 2 atom stereocenters. The number of aryl methyl sites for hydroxylation is 1. The second kappa shape index (κ2) is 17.8. The first-order chi connectivity index (χ1) is 13.2. The molecule has 0 aliphatic heterocycles. The van der Waals surface area contributed by atoms with Crippen LogP contribution in [-0.4, -0.2) is 63.5 Å². The number of carboxylic acids is 2. The Hall–Kier alpha value is -3.25. The van der Waals surface area contributed by atoms with Crippen LogP contribution in [0.2, 0.25) is 0 Å². The van der Waals surface area contributed by atoms with Crippen molar-refractivity contribution in [2.24, 2.45) is 28.5 Å². The number of carbonyl (C=O) groups is 2. The Balaban J connectivity index is -0.000000474. The number of carboxylic acid groups (broad SMARTS) is 2. The molecule has 12 nitrogen and oxygen atoms in total. The summed E-state index contributed by atoms with van der Waals surface area (Å²) in [4.78, 5) is 41.4. The van der Waals surface area contributed by atoms with Gasteiger partial charge in [0.2, 0.25) is 6.40 Å². The monoisotopic (exact) mass is 430 g/mol. The lowest BCUT2D eigenvalue weighted by Crippen LogP contribution is -2.30. The van der Waals surface area contributed by atoms with Crippen LogP contribution in [0.15, 0.2) is 34.4 Å². The molecule has 12 heteroatoms. The van der Waals surface area contributed by atoms with Gasteiger partial charge in [0.05, 0.1) is 24.8 Å². The number of nitrogens with zero attached hydrogens (tertiary/aromatic N) is 4. The van der Waals surface area contributed by atoms with Gasteiger partial charge in [0.25, 0.3) is 0 Å². The Labute approximate surface area is 176 Å². The minimum atomic E-state index is -1.05. The summed E-state index contributed by atoms with van der Waals surface area (Å²) in [7, 11) is 3.12. The van der Waals surface area contributed by atoms with E-state index in [0.717, 1.165) is 6.40 Å². The van der Waals surface area contributed by atoms with Crippen LogP contribution in [0, 0.1) is 0 Å². The quantitative estimate of drug-likeness (QED) is 0.181. The summed E-state index contributed by atoms with van der Waals surface area (Å²) in [5.41, 5.74) is 11.6. The minimum absolute atomic E-state index is 0. The highest BCUT2D eigenvalue weighted by Crippen LogP contribution is 2.04. The van der Waals surface area contributed by atoms with Crippen LogP contribution in [0.4, 0.5) is 0 Å². The van der Waals surface area contributed by atoms with Crippen LogP contribution >= 0.6 is 0 Å². The van der Waals surface area contributed by atoms with Crippen LogP contribution in [-0.2, 0) is 32.8 Å². The summed E-state index contributed by atoms with van der Waals surface area (Å²) in [5.74, 6) is -2.10. The molecule has 0 saturated carbocycles. The highest BCUT2D eigenvalue weighted by Gasteiger charge is 2.17. The summed E-state index contributed by atoms with van der Waals surface area (Å²) in [5, 5.41) is 17.3. The summed E-state index contributed by atoms with van der Waals surface area (Å²) in [6.45, 7) is 1.72. The van der Waals surface area contributed by atoms with E-state index in [1.165, 1.54) is 19.5 Å². The maximum absolute atomic E-state index is 10.9. The molecule has 0 unspecified atom stereocenters. The Morgan fingerprint density at radius 3 is 2.37 bits per heavy atom. The number of nitrogens with two attached hydrogens (primary N) is 2. The van der Waals surface area contributed by atoms with Crippen LogP contribution in [0.25, 0.3) is 0 Å². The van der Waals surface area contributed by atoms with E-state index in [2.05, 4.69) is 24.7 Å². The number of aliphatic imine (C=N–C) groups is 2. The average molecular weight is 431 g/mol. The van der Waals surface area contributed by atoms with Crippen LogP contribution in [0.3, 0.4) is 0 Å². The van der Waals surface area contributed by atoms with Crippen molar-refractivity contribution in [1.82, 2.24) is 9.55 Å². The highest BCUT2D eigenvalue weighted by atomic mass is 17.2. The molecule has 172 valence electrons. The van der Waals surface area contributed by atoms with Gasteiger partial charge >= 0.3 is 11.9 Å². The zero-order valence-corrected chi connectivity index (χ0v) is 15.9. The van der Waals surface area contributed by atoms with Crippen molar-refractivity contribution in [3.8, 4) is 0 Å². The van der Waals surface area contributed by atoms with Crippen molar-refractivity contribution >= 4 is 24.6 Å². The molecule has 0 spiro atoms. The smallest absolute Gasteiger partial charge is 0.328 e. The van der Waals surface area contributed by atoms with E-state index in [-0.39, 0.29) is 27.7 Å². The van der Waals surface area contributed by atoms with Crippen LogP contribution < -0.4 is 11.5 Å². The van der Waals surface area contributed by atoms with E-state index in [9.17, 15) is 9.59 Å². The van der Waals surface area contributed by atoms with Gasteiger partial charge in [-0.1, -0.05) is 14.9 Å². The average Bonchev–Trinajstić information content (AvgIpc) is 3.05. The lowest BCUT2D eigenvalue weighted by atomic mass is 10.2. The predicted molar refractivity (Wildman–Crippen MR) is 115 cm³/mol. The normalized spacial score (nSPS) is 12.9. The fourth-order valence-corrected chi connectivity index (χ4v) is 1.76. The molecule has 0 radical (unpaired) electrons. The molecule has 1 rings (SSSR count). The number of hydrogen-bond acceptors (Lipinski definition) is 9. The molecule has 1 aromatic heterocycles. The highest BCUT2D eigenvalue weighted by molar-refractivity contribution is 5.75. The molecule has 1 aromatic rings. The fraction of sp³-hybridized carbons (Fsp3) is 0.500. The van der Waals surface area contributed by atoms with Crippen LogP contribution in [0.5, 0.6) is 0 Å². The van der Waals surface area contributed by atoms with Gasteiger partial charge in [-0.3, -0.25) is 9.79 Å². The maximum Gasteiger partial charge on any atom is 0.328 e. The van der Waals surface area contributed by atoms with Crippen molar-refractivity contribution in [3.63, 3.8) is 0 Å². The number of aliphatic carboxylic acids is 2. The number of aromatic nitrogens is 2. The number of rotatable bonds is 10. The zero-order chi connectivity index (χ0) is 21.5. The molecule has 0 aromatic carbocycles. The van der Waals surface area contributed by atoms with Crippen molar-refractivity contribution in [3.05, 3.63) is 30.1 Å². The maximum atomic E-state index is 10.9. The van der Waals surface area contributed by atoms with E-state index in [1.54, 1.807) is 24.0 Å². The first-order valence-electron chi connectivity index (χ1n) is 8.03. The lowest BCUT2D eigenvalue weighted by molar-refractivity contribution is -0.188. The summed E-state index contributed by atoms with van der Waals surface area (Å²) in [6.07, 6.45) is 7.44. The second-order valence-corrected chi connectivity index (χ2v) is 5.30. The number of hydrogen-bond donors (Lipinski definition) is 4. The van der Waals surface area contributed by atoms with Gasteiger partial charge in [0, 0.05) is 38.5 Å². The van der Waals surface area contributed by atoms with Gasteiger partial charge in [-0.2, -0.15) is 4.89 Å². The van der Waals surface area contributed by atoms with E-state index >= 15 is 0 Å². The SMILES string of the molecule is C.C.CC=N/C(=C\N)C[C@H](N)C(=O)O.COOC=N[C@@H](Cc1cn(C)cn1)C(=O)O. The largest absolute Gasteiger partial charge is 0.480 e. The molecule has 1 heterocycles. The van der Waals surface area contributed by atoms with Crippen molar-refractivity contribution < 1.29 is 29.6 Å². The van der Waals surface area contributed by atoms with Gasteiger partial charge < -0.3 is 31.1 Å². The van der Waals surface area contributed by atoms with Crippen molar-refractivity contribution in [1.29, 1.82) is 0 Å². The zero-order valence-electron chi connectivity index (χ0n) is 15.9. The summed E-state index contributed by atoms with van der Waals surface area (Å²) >= 11 is 0. The topological polar surface area (TPSA) is 188 Å². The van der Waals surface area contributed by atoms with E-state index in [4.69, 9.17) is 21.7 Å². The molecular formula is C18H34N6O6. The van der Waals surface area contributed by atoms with Crippen LogP contribution in [0.1, 0.15) is 33.9 Å². The van der Waals surface area contributed by atoms with E-state index in [0.29, 0.717) is 11.4 Å². The van der Waals surface area contributed by atoms with Gasteiger partial charge in [-0.15, -0.1) is 0 Å². The Bertz CT molecular complexity index is 701. The van der Waals surface area contributed by atoms with E-state index in [1.807, 2.05) is 7.05 Å². The molecule has 30 heavy (non-hydrogen) atoms. The van der Waals surface area contributed by atoms with Gasteiger partial charge in [0.1, 0.15) is 6.04 Å². The third kappa shape index (κ3) is 13.8. The Morgan fingerprint density at radius 1 is 1.33 bits per heavy atom. The molecule has 0 amide bonds. The van der Waals surface area contributed by atoms with Gasteiger partial charge in [-0.05, 0) is 6.92 Å². The van der Waals surface area contributed by atoms with Gasteiger partial charge in [0.15, 0.2) is 6.04 Å². The Morgan fingerprint density at radius 2 is 1.97 bits per heavy atom. The first-order valence-corrected chi connectivity index (χ1v) is 8.03. The third-order valence-corrected chi connectivity index (χ3v) is 3.06. The second-order valence-electron chi connectivity index (χ2n) is 5.30.